The van der Waals surface area contributed by atoms with Gasteiger partial charge in [-0.05, 0) is 49.1 Å². The smallest absolute Gasteiger partial charge is 0.344 e. The normalized spacial score (nSPS) is 10.8. The summed E-state index contributed by atoms with van der Waals surface area (Å²) in [7, 11) is 0. The van der Waals surface area contributed by atoms with Gasteiger partial charge >= 0.3 is 5.97 Å². The van der Waals surface area contributed by atoms with Gasteiger partial charge < -0.3 is 14.8 Å². The molecular formula is C23H26N2O3S. The molecular weight excluding hydrogens is 384 g/mol. The lowest BCUT2D eigenvalue weighted by Crippen LogP contribution is -2.15. The fraction of sp³-hybridized carbons (Fsp3) is 0.304. The Morgan fingerprint density at radius 1 is 1.10 bits per heavy atom. The Labute approximate surface area is 175 Å². The summed E-state index contributed by atoms with van der Waals surface area (Å²) in [6.07, 6.45) is 0. The first-order chi connectivity index (χ1) is 13.9. The van der Waals surface area contributed by atoms with Gasteiger partial charge in [-0.25, -0.2) is 9.78 Å². The van der Waals surface area contributed by atoms with Gasteiger partial charge in [-0.1, -0.05) is 43.7 Å². The first-order valence-electron chi connectivity index (χ1n) is 9.58. The number of aryl methyl sites for hydroxylation is 2. The molecule has 0 aliphatic carbocycles. The van der Waals surface area contributed by atoms with Crippen LogP contribution in [0.15, 0.2) is 47.8 Å². The highest BCUT2D eigenvalue weighted by atomic mass is 32.1. The number of nitrogens with one attached hydrogen (secondary N) is 1. The number of esters is 1. The monoisotopic (exact) mass is 410 g/mol. The lowest BCUT2D eigenvalue weighted by Gasteiger charge is -2.14. The average Bonchev–Trinajstić information content (AvgIpc) is 3.13. The van der Waals surface area contributed by atoms with Crippen molar-refractivity contribution in [2.75, 3.05) is 11.9 Å². The fourth-order valence-electron chi connectivity index (χ4n) is 2.77. The van der Waals surface area contributed by atoms with Gasteiger partial charge in [0.25, 0.3) is 0 Å². The van der Waals surface area contributed by atoms with Crippen LogP contribution in [0.1, 0.15) is 42.1 Å². The van der Waals surface area contributed by atoms with Gasteiger partial charge in [0.15, 0.2) is 11.7 Å². The predicted molar refractivity (Wildman–Crippen MR) is 117 cm³/mol. The Morgan fingerprint density at radius 3 is 2.55 bits per heavy atom. The van der Waals surface area contributed by atoms with Gasteiger partial charge in [-0.15, -0.1) is 11.3 Å². The van der Waals surface area contributed by atoms with Crippen molar-refractivity contribution in [3.05, 3.63) is 70.2 Å². The molecule has 0 unspecified atom stereocenters. The Kier molecular flexibility index (Phi) is 6.88. The van der Waals surface area contributed by atoms with Crippen molar-refractivity contribution < 1.29 is 14.3 Å². The maximum Gasteiger partial charge on any atom is 0.344 e. The molecule has 0 atom stereocenters. The van der Waals surface area contributed by atoms with E-state index in [1.54, 1.807) is 0 Å². The summed E-state index contributed by atoms with van der Waals surface area (Å²) >= 11 is 1.47. The van der Waals surface area contributed by atoms with E-state index in [2.05, 4.69) is 24.1 Å². The van der Waals surface area contributed by atoms with E-state index in [9.17, 15) is 4.79 Å². The third-order valence-electron chi connectivity index (χ3n) is 4.37. The number of carbonyl (C=O) groups excluding carboxylic acids is 1. The molecule has 152 valence electrons. The van der Waals surface area contributed by atoms with E-state index >= 15 is 0 Å². The first-order valence-corrected chi connectivity index (χ1v) is 10.5. The summed E-state index contributed by atoms with van der Waals surface area (Å²) in [5.74, 6) is 0.633. The van der Waals surface area contributed by atoms with Gasteiger partial charge in [-0.3, -0.25) is 0 Å². The molecule has 29 heavy (non-hydrogen) atoms. The van der Waals surface area contributed by atoms with Crippen LogP contribution in [0.3, 0.4) is 0 Å². The third-order valence-corrected chi connectivity index (χ3v) is 5.18. The number of anilines is 2. The second kappa shape index (κ2) is 9.56. The number of carbonyl (C=O) groups is 1. The molecule has 0 bridgehead atoms. The van der Waals surface area contributed by atoms with Crippen LogP contribution in [0.2, 0.25) is 0 Å². The molecule has 0 saturated carbocycles. The van der Waals surface area contributed by atoms with E-state index in [0.717, 1.165) is 27.7 Å². The lowest BCUT2D eigenvalue weighted by molar-refractivity contribution is -0.147. The zero-order chi connectivity index (χ0) is 20.8. The van der Waals surface area contributed by atoms with Crippen LogP contribution >= 0.6 is 11.3 Å². The van der Waals surface area contributed by atoms with Crippen LogP contribution in [0.4, 0.5) is 10.8 Å². The summed E-state index contributed by atoms with van der Waals surface area (Å²) in [6.45, 7) is 8.24. The van der Waals surface area contributed by atoms with Crippen LogP contribution in [0, 0.1) is 13.8 Å². The van der Waals surface area contributed by atoms with Gasteiger partial charge in [0.1, 0.15) is 12.4 Å². The highest BCUT2D eigenvalue weighted by Crippen LogP contribution is 2.27. The van der Waals surface area contributed by atoms with Crippen molar-refractivity contribution in [2.24, 2.45) is 0 Å². The Morgan fingerprint density at radius 2 is 1.83 bits per heavy atom. The number of hydrogen-bond donors (Lipinski definition) is 1. The van der Waals surface area contributed by atoms with Crippen molar-refractivity contribution in [1.82, 2.24) is 4.98 Å². The Balaban J connectivity index is 1.49. The molecule has 0 amide bonds. The molecule has 0 spiro atoms. The standard InChI is InChI=1S/C23H26N2O3S/c1-15(2)20-10-7-17(4)11-21(20)27-13-22(26)28-12-19-14-29-23(25-19)24-18-8-5-16(3)6-9-18/h5-11,14-15H,12-13H2,1-4H3,(H,24,25). The molecule has 6 heteroatoms. The van der Waals surface area contributed by atoms with Crippen molar-refractivity contribution in [1.29, 1.82) is 0 Å². The van der Waals surface area contributed by atoms with Crippen LogP contribution < -0.4 is 10.1 Å². The van der Waals surface area contributed by atoms with Crippen LogP contribution in [-0.2, 0) is 16.1 Å². The van der Waals surface area contributed by atoms with Crippen molar-refractivity contribution in [2.45, 2.75) is 40.2 Å². The van der Waals surface area contributed by atoms with E-state index in [4.69, 9.17) is 9.47 Å². The maximum absolute atomic E-state index is 12.1. The average molecular weight is 411 g/mol. The minimum Gasteiger partial charge on any atom is -0.482 e. The first kappa shape index (κ1) is 20.9. The highest BCUT2D eigenvalue weighted by Gasteiger charge is 2.12. The molecule has 3 rings (SSSR count). The molecule has 1 N–H and O–H groups in total. The van der Waals surface area contributed by atoms with Crippen LogP contribution in [0.5, 0.6) is 5.75 Å². The zero-order valence-electron chi connectivity index (χ0n) is 17.2. The molecule has 0 radical (unpaired) electrons. The molecule has 2 aromatic carbocycles. The number of benzene rings is 2. The molecule has 1 heterocycles. The van der Waals surface area contributed by atoms with E-state index in [-0.39, 0.29) is 13.2 Å². The topological polar surface area (TPSA) is 60.5 Å². The SMILES string of the molecule is Cc1ccc(Nc2nc(COC(=O)COc3cc(C)ccc3C(C)C)cs2)cc1. The maximum atomic E-state index is 12.1. The van der Waals surface area contributed by atoms with Gasteiger partial charge in [0, 0.05) is 11.1 Å². The van der Waals surface area contributed by atoms with E-state index in [0.29, 0.717) is 11.6 Å². The molecule has 5 nitrogen and oxygen atoms in total. The molecule has 3 aromatic rings. The van der Waals surface area contributed by atoms with Crippen LogP contribution in [0.25, 0.3) is 0 Å². The lowest BCUT2D eigenvalue weighted by atomic mass is 10.0. The van der Waals surface area contributed by atoms with Gasteiger partial charge in [0.2, 0.25) is 0 Å². The zero-order valence-corrected chi connectivity index (χ0v) is 18.0. The van der Waals surface area contributed by atoms with Gasteiger partial charge in [0.05, 0.1) is 5.69 Å². The van der Waals surface area contributed by atoms with E-state index in [1.807, 2.05) is 61.7 Å². The molecule has 0 saturated heterocycles. The van der Waals surface area contributed by atoms with Crippen molar-refractivity contribution in [3.8, 4) is 5.75 Å². The summed E-state index contributed by atoms with van der Waals surface area (Å²) in [5.41, 5.74) is 5.05. The highest BCUT2D eigenvalue weighted by molar-refractivity contribution is 7.13. The molecule has 1 aromatic heterocycles. The number of aromatic nitrogens is 1. The van der Waals surface area contributed by atoms with Crippen molar-refractivity contribution in [3.63, 3.8) is 0 Å². The number of hydrogen-bond acceptors (Lipinski definition) is 6. The van der Waals surface area contributed by atoms with Crippen molar-refractivity contribution >= 4 is 28.1 Å². The Hall–Kier alpha value is -2.86. The second-order valence-electron chi connectivity index (χ2n) is 7.28. The molecule has 0 aliphatic rings. The summed E-state index contributed by atoms with van der Waals surface area (Å²) in [6, 6.07) is 14.1. The minimum absolute atomic E-state index is 0.123. The second-order valence-corrected chi connectivity index (χ2v) is 8.14. The number of thiazole rings is 1. The third kappa shape index (κ3) is 6.06. The summed E-state index contributed by atoms with van der Waals surface area (Å²) < 4.78 is 11.0. The number of rotatable bonds is 8. The van der Waals surface area contributed by atoms with E-state index in [1.165, 1.54) is 16.9 Å². The predicted octanol–water partition coefficient (Wildman–Crippen LogP) is 5.75. The Bertz CT molecular complexity index is 965. The largest absolute Gasteiger partial charge is 0.482 e. The van der Waals surface area contributed by atoms with E-state index < -0.39 is 5.97 Å². The molecule has 0 fully saturated rings. The molecule has 0 aliphatic heterocycles. The quantitative estimate of drug-likeness (QED) is 0.479. The fourth-order valence-corrected chi connectivity index (χ4v) is 3.48. The summed E-state index contributed by atoms with van der Waals surface area (Å²) in [5, 5.41) is 5.89. The number of nitrogens with zero attached hydrogens (tertiary/aromatic N) is 1. The number of ether oxygens (including phenoxy) is 2. The van der Waals surface area contributed by atoms with Gasteiger partial charge in [-0.2, -0.15) is 0 Å². The minimum atomic E-state index is -0.415. The summed E-state index contributed by atoms with van der Waals surface area (Å²) in [4.78, 5) is 16.6. The van der Waals surface area contributed by atoms with Crippen LogP contribution in [-0.4, -0.2) is 17.6 Å².